The van der Waals surface area contributed by atoms with Gasteiger partial charge in [0.2, 0.25) is 0 Å². The minimum Gasteiger partial charge on any atom is -0.380 e. The van der Waals surface area contributed by atoms with Crippen molar-refractivity contribution >= 4 is 0 Å². The van der Waals surface area contributed by atoms with Crippen molar-refractivity contribution in [2.75, 3.05) is 19.8 Å². The van der Waals surface area contributed by atoms with Crippen molar-refractivity contribution in [3.8, 4) is 0 Å². The quantitative estimate of drug-likeness (QED) is 0.661. The van der Waals surface area contributed by atoms with Crippen LogP contribution >= 0.6 is 0 Å². The predicted octanol–water partition coefficient (Wildman–Crippen LogP) is 2.32. The molecule has 1 aromatic heterocycles. The van der Waals surface area contributed by atoms with Crippen LogP contribution in [0.2, 0.25) is 0 Å². The Morgan fingerprint density at radius 1 is 1.32 bits per heavy atom. The predicted molar refractivity (Wildman–Crippen MR) is 79.5 cm³/mol. The Morgan fingerprint density at radius 3 is 2.68 bits per heavy atom. The third-order valence-corrected chi connectivity index (χ3v) is 3.20. The number of hydrogen-bond donors (Lipinski definition) is 1. The van der Waals surface area contributed by atoms with Crippen LogP contribution in [-0.4, -0.2) is 35.6 Å². The molecule has 4 heteroatoms. The standard InChI is InChI=1S/C15H29N3O/c1-5-8-16-14(12-19-9-6-2)11-15-10-13(7-3)17-18(15)4/h10,14,16H,5-9,11-12H2,1-4H3. The van der Waals surface area contributed by atoms with Gasteiger partial charge in [0, 0.05) is 31.8 Å². The van der Waals surface area contributed by atoms with Crippen LogP contribution in [0.5, 0.6) is 0 Å². The monoisotopic (exact) mass is 267 g/mol. The summed E-state index contributed by atoms with van der Waals surface area (Å²) in [6.45, 7) is 9.14. The van der Waals surface area contributed by atoms with Gasteiger partial charge in [-0.2, -0.15) is 5.10 Å². The SMILES string of the molecule is CCCNC(COCCC)Cc1cc(CC)nn1C. The molecule has 0 bridgehead atoms. The number of aromatic nitrogens is 2. The molecule has 0 spiro atoms. The molecule has 4 nitrogen and oxygen atoms in total. The van der Waals surface area contributed by atoms with Crippen molar-refractivity contribution in [3.05, 3.63) is 17.5 Å². The van der Waals surface area contributed by atoms with Gasteiger partial charge in [0.25, 0.3) is 0 Å². The molecule has 0 fully saturated rings. The molecular formula is C15H29N3O. The Hall–Kier alpha value is -0.870. The summed E-state index contributed by atoms with van der Waals surface area (Å²) in [6, 6.07) is 2.59. The molecule has 1 N–H and O–H groups in total. The van der Waals surface area contributed by atoms with Crippen LogP contribution in [0.3, 0.4) is 0 Å². The smallest absolute Gasteiger partial charge is 0.0624 e. The van der Waals surface area contributed by atoms with Gasteiger partial charge >= 0.3 is 0 Å². The summed E-state index contributed by atoms with van der Waals surface area (Å²) in [5, 5.41) is 8.07. The van der Waals surface area contributed by atoms with E-state index in [1.165, 1.54) is 11.4 Å². The van der Waals surface area contributed by atoms with Crippen LogP contribution in [0.4, 0.5) is 0 Å². The van der Waals surface area contributed by atoms with E-state index in [9.17, 15) is 0 Å². The van der Waals surface area contributed by atoms with Gasteiger partial charge in [0.15, 0.2) is 0 Å². The summed E-state index contributed by atoms with van der Waals surface area (Å²) < 4.78 is 7.69. The normalized spacial score (nSPS) is 12.8. The van der Waals surface area contributed by atoms with Crippen molar-refractivity contribution in [2.45, 2.75) is 52.5 Å². The highest BCUT2D eigenvalue weighted by Gasteiger charge is 2.12. The van der Waals surface area contributed by atoms with Gasteiger partial charge in [-0.15, -0.1) is 0 Å². The minimum atomic E-state index is 0.381. The molecule has 19 heavy (non-hydrogen) atoms. The number of ether oxygens (including phenoxy) is 1. The number of nitrogens with one attached hydrogen (secondary N) is 1. The first-order chi connectivity index (χ1) is 9.21. The Labute approximate surface area is 117 Å². The van der Waals surface area contributed by atoms with E-state index < -0.39 is 0 Å². The second kappa shape index (κ2) is 9.10. The third-order valence-electron chi connectivity index (χ3n) is 3.20. The van der Waals surface area contributed by atoms with E-state index in [0.717, 1.165) is 45.4 Å². The van der Waals surface area contributed by atoms with Crippen molar-refractivity contribution in [1.29, 1.82) is 0 Å². The second-order valence-electron chi connectivity index (χ2n) is 5.03. The highest BCUT2D eigenvalue weighted by Crippen LogP contribution is 2.07. The molecule has 0 aliphatic carbocycles. The third kappa shape index (κ3) is 5.74. The highest BCUT2D eigenvalue weighted by atomic mass is 16.5. The molecule has 1 unspecified atom stereocenters. The van der Waals surface area contributed by atoms with E-state index in [-0.39, 0.29) is 0 Å². The molecule has 0 saturated carbocycles. The van der Waals surface area contributed by atoms with Gasteiger partial charge in [-0.1, -0.05) is 20.8 Å². The minimum absolute atomic E-state index is 0.381. The molecule has 110 valence electrons. The Kier molecular flexibility index (Phi) is 7.75. The maximum atomic E-state index is 5.70. The van der Waals surface area contributed by atoms with Crippen molar-refractivity contribution in [2.24, 2.45) is 7.05 Å². The summed E-state index contributed by atoms with van der Waals surface area (Å²) in [4.78, 5) is 0. The van der Waals surface area contributed by atoms with Gasteiger partial charge < -0.3 is 10.1 Å². The zero-order valence-electron chi connectivity index (χ0n) is 12.9. The lowest BCUT2D eigenvalue weighted by molar-refractivity contribution is 0.111. The van der Waals surface area contributed by atoms with E-state index in [0.29, 0.717) is 6.04 Å². The second-order valence-corrected chi connectivity index (χ2v) is 5.03. The average Bonchev–Trinajstić information content (AvgIpc) is 2.76. The molecule has 0 aliphatic rings. The van der Waals surface area contributed by atoms with Crippen molar-refractivity contribution in [1.82, 2.24) is 15.1 Å². The molecule has 1 heterocycles. The lowest BCUT2D eigenvalue weighted by Gasteiger charge is -2.18. The largest absolute Gasteiger partial charge is 0.380 e. The van der Waals surface area contributed by atoms with Gasteiger partial charge in [0.1, 0.15) is 0 Å². The van der Waals surface area contributed by atoms with Gasteiger partial charge in [-0.25, -0.2) is 0 Å². The fraction of sp³-hybridized carbons (Fsp3) is 0.800. The van der Waals surface area contributed by atoms with Crippen LogP contribution in [-0.2, 0) is 24.6 Å². The fourth-order valence-electron chi connectivity index (χ4n) is 2.10. The van der Waals surface area contributed by atoms with Crippen LogP contribution in [0.1, 0.15) is 45.0 Å². The number of rotatable bonds is 10. The summed E-state index contributed by atoms with van der Waals surface area (Å²) in [5.41, 5.74) is 2.45. The topological polar surface area (TPSA) is 39.1 Å². The summed E-state index contributed by atoms with van der Waals surface area (Å²) in [7, 11) is 2.03. The Bertz CT molecular complexity index is 349. The molecule has 0 saturated heterocycles. The number of nitrogens with zero attached hydrogens (tertiary/aromatic N) is 2. The molecular weight excluding hydrogens is 238 g/mol. The molecule has 0 aromatic carbocycles. The maximum absolute atomic E-state index is 5.70. The molecule has 0 amide bonds. The van der Waals surface area contributed by atoms with Crippen LogP contribution < -0.4 is 5.32 Å². The molecule has 1 rings (SSSR count). The number of hydrogen-bond acceptors (Lipinski definition) is 3. The van der Waals surface area contributed by atoms with Gasteiger partial charge in [-0.3, -0.25) is 4.68 Å². The molecule has 0 aliphatic heterocycles. The average molecular weight is 267 g/mol. The summed E-state index contributed by atoms with van der Waals surface area (Å²) in [5.74, 6) is 0. The molecule has 1 atom stereocenters. The lowest BCUT2D eigenvalue weighted by Crippen LogP contribution is -2.36. The van der Waals surface area contributed by atoms with Crippen molar-refractivity contribution < 1.29 is 4.74 Å². The first-order valence-electron chi connectivity index (χ1n) is 7.54. The lowest BCUT2D eigenvalue weighted by atomic mass is 10.1. The first-order valence-corrected chi connectivity index (χ1v) is 7.54. The van der Waals surface area contributed by atoms with E-state index in [4.69, 9.17) is 4.74 Å². The van der Waals surface area contributed by atoms with Gasteiger partial charge in [-0.05, 0) is 31.9 Å². The van der Waals surface area contributed by atoms with E-state index in [1.54, 1.807) is 0 Å². The molecule has 0 radical (unpaired) electrons. The maximum Gasteiger partial charge on any atom is 0.0624 e. The summed E-state index contributed by atoms with van der Waals surface area (Å²) in [6.07, 6.45) is 4.20. The zero-order valence-corrected chi connectivity index (χ0v) is 12.9. The van der Waals surface area contributed by atoms with Crippen molar-refractivity contribution in [3.63, 3.8) is 0 Å². The Balaban J connectivity index is 2.55. The first kappa shape index (κ1) is 16.2. The van der Waals surface area contributed by atoms with Crippen LogP contribution in [0, 0.1) is 0 Å². The molecule has 1 aromatic rings. The fourth-order valence-corrected chi connectivity index (χ4v) is 2.10. The Morgan fingerprint density at radius 2 is 2.11 bits per heavy atom. The van der Waals surface area contributed by atoms with E-state index in [1.807, 2.05) is 11.7 Å². The zero-order chi connectivity index (χ0) is 14.1. The van der Waals surface area contributed by atoms with Gasteiger partial charge in [0.05, 0.1) is 12.3 Å². The highest BCUT2D eigenvalue weighted by molar-refractivity contribution is 5.11. The summed E-state index contributed by atoms with van der Waals surface area (Å²) >= 11 is 0. The van der Waals surface area contributed by atoms with Crippen LogP contribution in [0.15, 0.2) is 6.07 Å². The number of aryl methyl sites for hydroxylation is 2. The van der Waals surface area contributed by atoms with E-state index >= 15 is 0 Å². The van der Waals surface area contributed by atoms with Crippen LogP contribution in [0.25, 0.3) is 0 Å². The van der Waals surface area contributed by atoms with E-state index in [2.05, 4.69) is 37.3 Å².